The van der Waals surface area contributed by atoms with E-state index in [-0.39, 0.29) is 6.61 Å². The standard InChI is InChI=1S/C49H100O14P2/c1-35(2)17-11-19-37(5)21-13-23-39(7)25-15-27-41(9)29-31-59-33-43(60-32-30-42(10)28-16-26-40(8)24-14-22-38(6)20-12-18-36(3)4)34-61-65(57,58)63-49-46(52)44(50)45(51)48(47(49)53)62-64(54,55)56/h35-53H,11-34H2,1-10H3,(H,57,58)(H2,54,55,56)/t37-,38-,39-,40-,41-,42-,43+,44+,45+,46-,47-,48-,49+/m1/s1. The van der Waals surface area contributed by atoms with E-state index >= 15 is 0 Å². The van der Waals surface area contributed by atoms with Gasteiger partial charge in [-0.05, 0) is 60.2 Å². The largest absolute Gasteiger partial charge is 0.472 e. The Balaban J connectivity index is 2.67. The van der Waals surface area contributed by atoms with Gasteiger partial charge in [0.05, 0.1) is 13.2 Å². The summed E-state index contributed by atoms with van der Waals surface area (Å²) in [6.07, 6.45) is 10.4. The number of phosphoric ester groups is 2. The maximum Gasteiger partial charge on any atom is 0.472 e. The molecule has 14 atom stereocenters. The molecule has 0 spiro atoms. The van der Waals surface area contributed by atoms with Crippen LogP contribution >= 0.6 is 15.6 Å². The fraction of sp³-hybridized carbons (Fsp3) is 1.00. The second kappa shape index (κ2) is 34.3. The number of phosphoric acid groups is 2. The highest BCUT2D eigenvalue weighted by Gasteiger charge is 2.54. The summed E-state index contributed by atoms with van der Waals surface area (Å²) >= 11 is 0. The molecule has 1 aliphatic rings. The van der Waals surface area contributed by atoms with Crippen molar-refractivity contribution in [3.8, 4) is 0 Å². The lowest BCUT2D eigenvalue weighted by Gasteiger charge is -2.43. The van der Waals surface area contributed by atoms with Gasteiger partial charge in [0, 0.05) is 13.2 Å². The molecule has 0 aromatic rings. The Morgan fingerprint density at radius 3 is 1.12 bits per heavy atom. The molecule has 1 saturated carbocycles. The number of ether oxygens (including phenoxy) is 2. The van der Waals surface area contributed by atoms with Crippen molar-refractivity contribution < 1.29 is 67.3 Å². The molecule has 1 rings (SSSR count). The summed E-state index contributed by atoms with van der Waals surface area (Å²) in [6, 6.07) is 0. The number of hydrogen-bond acceptors (Lipinski definition) is 11. The third-order valence-electron chi connectivity index (χ3n) is 13.5. The van der Waals surface area contributed by atoms with Gasteiger partial charge in [-0.1, -0.05) is 185 Å². The van der Waals surface area contributed by atoms with Crippen molar-refractivity contribution in [3.63, 3.8) is 0 Å². The first-order valence-corrected chi connectivity index (χ1v) is 28.7. The van der Waals surface area contributed by atoms with Crippen LogP contribution in [0.3, 0.4) is 0 Å². The van der Waals surface area contributed by atoms with Gasteiger partial charge < -0.3 is 44.6 Å². The summed E-state index contributed by atoms with van der Waals surface area (Å²) in [6.45, 7) is 23.5. The van der Waals surface area contributed by atoms with Gasteiger partial charge in [-0.25, -0.2) is 9.13 Å². The van der Waals surface area contributed by atoms with Gasteiger partial charge in [0.25, 0.3) is 0 Å². The summed E-state index contributed by atoms with van der Waals surface area (Å²) < 4.78 is 51.5. The van der Waals surface area contributed by atoms with E-state index in [1.165, 1.54) is 96.3 Å². The van der Waals surface area contributed by atoms with E-state index in [4.69, 9.17) is 18.5 Å². The second-order valence-electron chi connectivity index (χ2n) is 21.5. The van der Waals surface area contributed by atoms with Crippen molar-refractivity contribution in [1.82, 2.24) is 0 Å². The zero-order valence-electron chi connectivity index (χ0n) is 42.5. The lowest BCUT2D eigenvalue weighted by molar-refractivity contribution is -0.216. The molecule has 0 bridgehead atoms. The minimum Gasteiger partial charge on any atom is -0.387 e. The van der Waals surface area contributed by atoms with Gasteiger partial charge in [0.1, 0.15) is 42.7 Å². The van der Waals surface area contributed by atoms with E-state index < -0.39 is 65.0 Å². The molecule has 14 nitrogen and oxygen atoms in total. The molecule has 0 amide bonds. The van der Waals surface area contributed by atoms with Crippen molar-refractivity contribution in [2.24, 2.45) is 47.3 Å². The SMILES string of the molecule is CC(C)CCC[C@@H](C)CCC[C@@H](C)CCC[C@@H](C)CCOC[C@@H](COP(=O)(O)O[C@@H]1[C@H](O)[C@H](OP(=O)(O)O)[C@@H](O)[C@H](O)[C@H]1O)OCC[C@H](C)CCC[C@H](C)CCC[C@H](C)CCCC(C)C. The minimum atomic E-state index is -5.30. The van der Waals surface area contributed by atoms with Crippen LogP contribution in [0.1, 0.15) is 198 Å². The molecule has 0 aromatic carbocycles. The van der Waals surface area contributed by atoms with E-state index in [0.29, 0.717) is 36.9 Å². The normalized spacial score (nSPS) is 25.0. The average molecular weight is 975 g/mol. The van der Waals surface area contributed by atoms with Crippen LogP contribution in [0, 0.1) is 47.3 Å². The Hall–Kier alpha value is -0.0200. The number of hydrogen-bond donors (Lipinski definition) is 7. The first kappa shape index (κ1) is 63.0. The van der Waals surface area contributed by atoms with Crippen LogP contribution in [-0.4, -0.2) is 104 Å². The lowest BCUT2D eigenvalue weighted by Crippen LogP contribution is -2.64. The highest BCUT2D eigenvalue weighted by Crippen LogP contribution is 2.49. The van der Waals surface area contributed by atoms with E-state index in [1.54, 1.807) is 0 Å². The highest BCUT2D eigenvalue weighted by molar-refractivity contribution is 7.47. The second-order valence-corrected chi connectivity index (χ2v) is 24.1. The molecular formula is C49H100O14P2. The molecule has 1 unspecified atom stereocenters. The molecule has 0 radical (unpaired) electrons. The summed E-state index contributed by atoms with van der Waals surface area (Å²) in [4.78, 5) is 29.1. The third kappa shape index (κ3) is 31.0. The maximum absolute atomic E-state index is 13.1. The molecular weight excluding hydrogens is 874 g/mol. The van der Waals surface area contributed by atoms with E-state index in [0.717, 1.165) is 55.8 Å². The molecule has 0 aliphatic heterocycles. The monoisotopic (exact) mass is 975 g/mol. The highest BCUT2D eigenvalue weighted by atomic mass is 31.2. The van der Waals surface area contributed by atoms with Gasteiger partial charge in [-0.3, -0.25) is 13.6 Å². The Labute approximate surface area is 395 Å². The minimum absolute atomic E-state index is 0.0691. The van der Waals surface area contributed by atoms with Gasteiger partial charge in [-0.15, -0.1) is 0 Å². The molecule has 16 heteroatoms. The van der Waals surface area contributed by atoms with Gasteiger partial charge in [-0.2, -0.15) is 0 Å². The van der Waals surface area contributed by atoms with Crippen LogP contribution in [0.4, 0.5) is 0 Å². The Morgan fingerprint density at radius 1 is 0.415 bits per heavy atom. The lowest BCUT2D eigenvalue weighted by atomic mass is 9.85. The smallest absolute Gasteiger partial charge is 0.387 e. The molecule has 1 aliphatic carbocycles. The van der Waals surface area contributed by atoms with E-state index in [9.17, 15) is 44.2 Å². The van der Waals surface area contributed by atoms with Crippen LogP contribution in [0.5, 0.6) is 0 Å². The first-order valence-electron chi connectivity index (χ1n) is 25.7. The number of aliphatic hydroxyl groups is 4. The van der Waals surface area contributed by atoms with Crippen LogP contribution in [-0.2, 0) is 32.2 Å². The van der Waals surface area contributed by atoms with Crippen LogP contribution in [0.25, 0.3) is 0 Å². The topological polar surface area (TPSA) is 222 Å². The summed E-state index contributed by atoms with van der Waals surface area (Å²) in [5, 5.41) is 41.6. The first-order chi connectivity index (χ1) is 30.4. The predicted octanol–water partition coefficient (Wildman–Crippen LogP) is 10.8. The quantitative estimate of drug-likeness (QED) is 0.0224. The Kier molecular flexibility index (Phi) is 33.3. The van der Waals surface area contributed by atoms with Crippen molar-refractivity contribution >= 4 is 15.6 Å². The van der Waals surface area contributed by atoms with Crippen molar-refractivity contribution in [2.45, 2.75) is 240 Å². The van der Waals surface area contributed by atoms with Gasteiger partial charge >= 0.3 is 15.6 Å². The zero-order chi connectivity index (χ0) is 49.2. The van der Waals surface area contributed by atoms with Crippen molar-refractivity contribution in [2.75, 3.05) is 26.4 Å². The Morgan fingerprint density at radius 2 is 0.754 bits per heavy atom. The van der Waals surface area contributed by atoms with Gasteiger partial charge in [0.2, 0.25) is 0 Å². The van der Waals surface area contributed by atoms with E-state index in [2.05, 4.69) is 73.8 Å². The van der Waals surface area contributed by atoms with Crippen molar-refractivity contribution in [3.05, 3.63) is 0 Å². The fourth-order valence-electron chi connectivity index (χ4n) is 8.90. The number of rotatable bonds is 40. The molecule has 0 aromatic heterocycles. The van der Waals surface area contributed by atoms with Crippen molar-refractivity contribution in [1.29, 1.82) is 0 Å². The molecule has 65 heavy (non-hydrogen) atoms. The average Bonchev–Trinajstić information content (AvgIpc) is 3.20. The Bertz CT molecular complexity index is 1270. The maximum atomic E-state index is 13.1. The van der Waals surface area contributed by atoms with E-state index in [1.807, 2.05) is 0 Å². The summed E-state index contributed by atoms with van der Waals surface area (Å²) in [5.41, 5.74) is 0. The zero-order valence-corrected chi connectivity index (χ0v) is 44.3. The van der Waals surface area contributed by atoms with Crippen LogP contribution in [0.15, 0.2) is 0 Å². The van der Waals surface area contributed by atoms with Crippen LogP contribution < -0.4 is 0 Å². The fourth-order valence-corrected chi connectivity index (χ4v) is 10.4. The molecule has 0 saturated heterocycles. The predicted molar refractivity (Wildman–Crippen MR) is 259 cm³/mol. The molecule has 390 valence electrons. The summed E-state index contributed by atoms with van der Waals surface area (Å²) in [5.74, 6) is 5.39. The molecule has 1 fully saturated rings. The molecule has 0 heterocycles. The molecule has 7 N–H and O–H groups in total. The summed E-state index contributed by atoms with van der Waals surface area (Å²) in [7, 11) is -10.4. The third-order valence-corrected chi connectivity index (χ3v) is 15.0. The van der Waals surface area contributed by atoms with Crippen LogP contribution in [0.2, 0.25) is 0 Å². The van der Waals surface area contributed by atoms with Gasteiger partial charge in [0.15, 0.2) is 0 Å². The number of aliphatic hydroxyl groups excluding tert-OH is 4.